The molecule has 1 aromatic heterocycles. The zero-order valence-corrected chi connectivity index (χ0v) is 26.4. The highest BCUT2D eigenvalue weighted by Gasteiger charge is 2.38. The molecular formula is C33H47NO3S2. The first-order valence-electron chi connectivity index (χ1n) is 14.6. The van der Waals surface area contributed by atoms with E-state index in [-0.39, 0.29) is 12.2 Å². The van der Waals surface area contributed by atoms with Crippen molar-refractivity contribution in [3.05, 3.63) is 60.2 Å². The molecule has 3 aromatic rings. The van der Waals surface area contributed by atoms with Crippen molar-refractivity contribution < 1.29 is 14.2 Å². The molecule has 1 aliphatic rings. The van der Waals surface area contributed by atoms with Crippen molar-refractivity contribution in [3.8, 4) is 0 Å². The van der Waals surface area contributed by atoms with Crippen LogP contribution in [0.4, 0.5) is 0 Å². The molecule has 0 saturated carbocycles. The molecule has 39 heavy (non-hydrogen) atoms. The summed E-state index contributed by atoms with van der Waals surface area (Å²) in [6, 6.07) is 19.0. The minimum Gasteiger partial charge on any atom is -0.373 e. The Balaban J connectivity index is 1.37. The maximum absolute atomic E-state index is 6.73. The average Bonchev–Trinajstić information content (AvgIpc) is 3.33. The van der Waals surface area contributed by atoms with Gasteiger partial charge < -0.3 is 14.2 Å². The highest BCUT2D eigenvalue weighted by Crippen LogP contribution is 2.36. The van der Waals surface area contributed by atoms with Gasteiger partial charge in [0, 0.05) is 11.7 Å². The van der Waals surface area contributed by atoms with Crippen LogP contribution in [-0.2, 0) is 20.8 Å². The van der Waals surface area contributed by atoms with Gasteiger partial charge in [0.05, 0.1) is 35.6 Å². The standard InChI is InChI=1S/C33H47NO3S2/c1-22(21-38-32-34-28-15-11-12-16-29(28)39-32)17-23(2)30(35-20-27-13-9-8-10-14-27)24(3)18-25(4)31-26(5)19-36-33(6,7)37-31/h8-16,22-26,30-31H,17-21H2,1-7H3/t22-,23-,24-,25-,26-,30+,31+/m1/s1. The summed E-state index contributed by atoms with van der Waals surface area (Å²) < 4.78 is 21.5. The van der Waals surface area contributed by atoms with E-state index >= 15 is 0 Å². The van der Waals surface area contributed by atoms with E-state index in [0.717, 1.165) is 30.7 Å². The van der Waals surface area contributed by atoms with Gasteiger partial charge in [-0.1, -0.05) is 88.8 Å². The van der Waals surface area contributed by atoms with E-state index < -0.39 is 5.79 Å². The summed E-state index contributed by atoms with van der Waals surface area (Å²) in [5.41, 5.74) is 2.34. The fraction of sp³-hybridized carbons (Fsp3) is 0.606. The largest absolute Gasteiger partial charge is 0.373 e. The third-order valence-corrected chi connectivity index (χ3v) is 10.4. The molecule has 214 valence electrons. The summed E-state index contributed by atoms with van der Waals surface area (Å²) in [6.07, 6.45) is 2.59. The van der Waals surface area contributed by atoms with Crippen molar-refractivity contribution in [2.45, 2.75) is 90.2 Å². The molecule has 2 heterocycles. The minimum absolute atomic E-state index is 0.186. The van der Waals surface area contributed by atoms with Crippen LogP contribution in [0.5, 0.6) is 0 Å². The van der Waals surface area contributed by atoms with E-state index in [1.54, 1.807) is 11.3 Å². The molecule has 2 aromatic carbocycles. The van der Waals surface area contributed by atoms with Crippen molar-refractivity contribution in [1.82, 2.24) is 4.98 Å². The van der Waals surface area contributed by atoms with Gasteiger partial charge in [0.25, 0.3) is 0 Å². The fourth-order valence-electron chi connectivity index (χ4n) is 6.06. The van der Waals surface area contributed by atoms with Crippen molar-refractivity contribution in [2.24, 2.45) is 29.6 Å². The molecule has 0 amide bonds. The second kappa shape index (κ2) is 14.0. The van der Waals surface area contributed by atoms with Gasteiger partial charge in [-0.3, -0.25) is 0 Å². The van der Waals surface area contributed by atoms with Gasteiger partial charge in [0.15, 0.2) is 10.1 Å². The van der Waals surface area contributed by atoms with E-state index in [0.29, 0.717) is 36.2 Å². The summed E-state index contributed by atoms with van der Waals surface area (Å²) in [5.74, 6) is 2.82. The van der Waals surface area contributed by atoms with Crippen molar-refractivity contribution in [3.63, 3.8) is 0 Å². The maximum atomic E-state index is 6.73. The minimum atomic E-state index is -0.512. The lowest BCUT2D eigenvalue weighted by atomic mass is 9.80. The molecule has 0 bridgehead atoms. The molecule has 7 atom stereocenters. The van der Waals surface area contributed by atoms with Crippen LogP contribution in [0.25, 0.3) is 10.2 Å². The Kier molecular flexibility index (Phi) is 10.9. The van der Waals surface area contributed by atoms with Crippen LogP contribution < -0.4 is 0 Å². The number of thiazole rings is 1. The lowest BCUT2D eigenvalue weighted by molar-refractivity contribution is -0.300. The lowest BCUT2D eigenvalue weighted by Gasteiger charge is -2.43. The summed E-state index contributed by atoms with van der Waals surface area (Å²) in [4.78, 5) is 4.82. The van der Waals surface area contributed by atoms with Gasteiger partial charge in [0.1, 0.15) is 0 Å². The molecule has 0 unspecified atom stereocenters. The van der Waals surface area contributed by atoms with Crippen LogP contribution in [0.1, 0.15) is 66.9 Å². The van der Waals surface area contributed by atoms with Crippen LogP contribution in [0.15, 0.2) is 58.9 Å². The van der Waals surface area contributed by atoms with E-state index in [4.69, 9.17) is 19.2 Å². The molecule has 1 aliphatic heterocycles. The second-order valence-corrected chi connectivity index (χ2v) is 14.6. The quantitative estimate of drug-likeness (QED) is 0.192. The first-order valence-corrected chi connectivity index (χ1v) is 16.4. The molecule has 1 fully saturated rings. The Bertz CT molecular complexity index is 1120. The topological polar surface area (TPSA) is 40.6 Å². The lowest BCUT2D eigenvalue weighted by Crippen LogP contribution is -2.48. The molecule has 0 radical (unpaired) electrons. The number of hydrogen-bond donors (Lipinski definition) is 0. The van der Waals surface area contributed by atoms with Gasteiger partial charge in [-0.2, -0.15) is 0 Å². The predicted octanol–water partition coefficient (Wildman–Crippen LogP) is 9.09. The normalized spacial score (nSPS) is 23.3. The van der Waals surface area contributed by atoms with Crippen molar-refractivity contribution >= 4 is 33.3 Å². The first kappa shape index (κ1) is 30.5. The Morgan fingerprint density at radius 2 is 1.69 bits per heavy atom. The number of para-hydroxylation sites is 1. The highest BCUT2D eigenvalue weighted by atomic mass is 32.2. The summed E-state index contributed by atoms with van der Waals surface area (Å²) in [6.45, 7) is 17.2. The Morgan fingerprint density at radius 1 is 1.00 bits per heavy atom. The maximum Gasteiger partial charge on any atom is 0.163 e. The number of hydrogen-bond acceptors (Lipinski definition) is 6. The Morgan fingerprint density at radius 3 is 2.44 bits per heavy atom. The third-order valence-electron chi connectivity index (χ3n) is 7.93. The molecule has 6 heteroatoms. The van der Waals surface area contributed by atoms with Crippen LogP contribution in [0.3, 0.4) is 0 Å². The van der Waals surface area contributed by atoms with Crippen molar-refractivity contribution in [1.29, 1.82) is 0 Å². The Labute approximate surface area is 244 Å². The summed E-state index contributed by atoms with van der Waals surface area (Å²) in [5, 5.41) is 0. The smallest absolute Gasteiger partial charge is 0.163 e. The van der Waals surface area contributed by atoms with E-state index in [1.807, 2.05) is 25.6 Å². The first-order chi connectivity index (χ1) is 18.6. The summed E-state index contributed by atoms with van der Waals surface area (Å²) >= 11 is 3.70. The zero-order valence-electron chi connectivity index (χ0n) is 24.8. The number of nitrogens with zero attached hydrogens (tertiary/aromatic N) is 1. The number of thioether (sulfide) groups is 1. The molecule has 0 N–H and O–H groups in total. The Hall–Kier alpha value is -1.44. The van der Waals surface area contributed by atoms with Gasteiger partial charge in [-0.15, -0.1) is 11.3 Å². The molecule has 1 saturated heterocycles. The second-order valence-electron chi connectivity index (χ2n) is 12.3. The number of rotatable bonds is 13. The number of benzene rings is 2. The van der Waals surface area contributed by atoms with Crippen LogP contribution in [0.2, 0.25) is 0 Å². The molecule has 0 spiro atoms. The predicted molar refractivity (Wildman–Crippen MR) is 165 cm³/mol. The van der Waals surface area contributed by atoms with Gasteiger partial charge >= 0.3 is 0 Å². The van der Waals surface area contributed by atoms with Gasteiger partial charge in [0.2, 0.25) is 0 Å². The monoisotopic (exact) mass is 569 g/mol. The number of aromatic nitrogens is 1. The summed E-state index contributed by atoms with van der Waals surface area (Å²) in [7, 11) is 0. The van der Waals surface area contributed by atoms with Crippen LogP contribution in [-0.4, -0.2) is 35.3 Å². The van der Waals surface area contributed by atoms with Gasteiger partial charge in [-0.25, -0.2) is 4.98 Å². The van der Waals surface area contributed by atoms with Gasteiger partial charge in [-0.05, 0) is 68.1 Å². The number of ether oxygens (including phenoxy) is 3. The van der Waals surface area contributed by atoms with E-state index in [2.05, 4.69) is 89.2 Å². The molecule has 0 aliphatic carbocycles. The fourth-order valence-corrected chi connectivity index (χ4v) is 8.19. The van der Waals surface area contributed by atoms with E-state index in [1.165, 1.54) is 14.6 Å². The average molecular weight is 570 g/mol. The molecule has 4 nitrogen and oxygen atoms in total. The SMILES string of the molecule is C[C@@H](CSc1nc2ccccc2s1)C[C@@H](C)[C@H](OCc1ccccc1)[C@H](C)C[C@@H](C)[C@@H]1OC(C)(C)OC[C@H]1C. The third kappa shape index (κ3) is 8.77. The van der Waals surface area contributed by atoms with Crippen molar-refractivity contribution in [2.75, 3.05) is 12.4 Å². The molecular weight excluding hydrogens is 523 g/mol. The highest BCUT2D eigenvalue weighted by molar-refractivity contribution is 8.01. The number of fused-ring (bicyclic) bond motifs is 1. The van der Waals surface area contributed by atoms with Crippen LogP contribution in [0, 0.1) is 29.6 Å². The molecule has 4 rings (SSSR count). The van der Waals surface area contributed by atoms with Crippen LogP contribution >= 0.6 is 23.1 Å². The zero-order chi connectivity index (χ0) is 28.0. The van der Waals surface area contributed by atoms with E-state index in [9.17, 15) is 0 Å².